The maximum absolute atomic E-state index is 9.11. The molecule has 0 unspecified atom stereocenters. The second-order valence-corrected chi connectivity index (χ2v) is 10.6. The number of rotatable bonds is 7. The van der Waals surface area contributed by atoms with Crippen LogP contribution >= 0.6 is 0 Å². The van der Waals surface area contributed by atoms with Crippen LogP contribution in [0.4, 0.5) is 17.2 Å². The fraction of sp³-hybridized carbons (Fsp3) is 0.419. The van der Waals surface area contributed by atoms with E-state index in [0.717, 1.165) is 30.9 Å². The van der Waals surface area contributed by atoms with Gasteiger partial charge < -0.3 is 20.4 Å². The fourth-order valence-electron chi connectivity index (χ4n) is 5.74. The summed E-state index contributed by atoms with van der Waals surface area (Å²) in [6.45, 7) is 2.08. The summed E-state index contributed by atoms with van der Waals surface area (Å²) in [5.74, 6) is 0.953. The number of benzene rings is 2. The summed E-state index contributed by atoms with van der Waals surface area (Å²) in [5, 5.41) is 16.9. The Morgan fingerprint density at radius 2 is 1.70 bits per heavy atom. The highest BCUT2D eigenvalue weighted by Crippen LogP contribution is 2.28. The number of hydrogen-bond donors (Lipinski definition) is 2. The molecule has 5 rings (SSSR count). The largest absolute Gasteiger partial charge is 0.378 e. The van der Waals surface area contributed by atoms with E-state index in [0.29, 0.717) is 18.1 Å². The molecule has 0 radical (unpaired) electrons. The molecule has 6 heteroatoms. The van der Waals surface area contributed by atoms with E-state index < -0.39 is 0 Å². The van der Waals surface area contributed by atoms with Gasteiger partial charge in [0.15, 0.2) is 0 Å². The van der Waals surface area contributed by atoms with Crippen molar-refractivity contribution >= 4 is 17.2 Å². The molecule has 2 N–H and O–H groups in total. The molecule has 2 fully saturated rings. The van der Waals surface area contributed by atoms with Crippen molar-refractivity contribution in [2.24, 2.45) is 0 Å². The van der Waals surface area contributed by atoms with Gasteiger partial charge in [-0.15, -0.1) is 0 Å². The van der Waals surface area contributed by atoms with Crippen LogP contribution in [0.25, 0.3) is 11.1 Å². The van der Waals surface area contributed by atoms with Crippen molar-refractivity contribution in [3.63, 3.8) is 0 Å². The summed E-state index contributed by atoms with van der Waals surface area (Å²) in [5.41, 5.74) is 5.52. The lowest BCUT2D eigenvalue weighted by Crippen LogP contribution is -2.54. The molecule has 0 spiro atoms. The standard InChI is InChI=1S/C31H38N6/c1-36(2)28-9-5-7-24(19-28)25-16-17-33-31(20-25)35-30-11-4-3-10-29(30)34-26-8-6-18-37(22-26)27-14-12-23(21-32)13-15-27/h5,7,9,12-17,19-20,26,29-30,34H,3-4,6,8,10-11,18,22H2,1-2H3,(H,33,35)/t26-,29+,30+/m0/s1. The van der Waals surface area contributed by atoms with E-state index in [1.807, 2.05) is 18.3 Å². The van der Waals surface area contributed by atoms with E-state index in [9.17, 15) is 0 Å². The number of nitrogens with zero attached hydrogens (tertiary/aromatic N) is 4. The number of anilines is 3. The first-order chi connectivity index (χ1) is 18.1. The minimum Gasteiger partial charge on any atom is -0.378 e. The number of aromatic nitrogens is 1. The van der Waals surface area contributed by atoms with Crippen molar-refractivity contribution in [1.29, 1.82) is 5.26 Å². The highest BCUT2D eigenvalue weighted by Gasteiger charge is 2.29. The van der Waals surface area contributed by atoms with Gasteiger partial charge in [0.05, 0.1) is 11.6 Å². The summed E-state index contributed by atoms with van der Waals surface area (Å²) in [6.07, 6.45) is 9.17. The normalized spacial score (nSPS) is 21.8. The van der Waals surface area contributed by atoms with Crippen molar-refractivity contribution in [3.05, 3.63) is 72.4 Å². The Labute approximate surface area is 221 Å². The minimum absolute atomic E-state index is 0.370. The van der Waals surface area contributed by atoms with Crippen LogP contribution in [0.15, 0.2) is 66.9 Å². The van der Waals surface area contributed by atoms with Gasteiger partial charge in [0.25, 0.3) is 0 Å². The van der Waals surface area contributed by atoms with Gasteiger partial charge in [-0.1, -0.05) is 25.0 Å². The zero-order valence-corrected chi connectivity index (χ0v) is 22.0. The molecule has 2 heterocycles. The summed E-state index contributed by atoms with van der Waals surface area (Å²) < 4.78 is 0. The van der Waals surface area contributed by atoms with Crippen molar-refractivity contribution < 1.29 is 0 Å². The third-order valence-electron chi connectivity index (χ3n) is 7.79. The van der Waals surface area contributed by atoms with Gasteiger partial charge in [0, 0.05) is 62.9 Å². The number of pyridine rings is 1. The molecular formula is C31H38N6. The molecule has 1 saturated carbocycles. The second kappa shape index (κ2) is 11.7. The average molecular weight is 495 g/mol. The SMILES string of the molecule is CN(C)c1cccc(-c2ccnc(N[C@@H]3CCCC[C@H]3N[C@H]3CCCN(c4ccc(C#N)cc4)C3)c2)c1. The molecule has 1 saturated heterocycles. The number of nitriles is 1. The first kappa shape index (κ1) is 25.1. The van der Waals surface area contributed by atoms with Crippen LogP contribution in [0.3, 0.4) is 0 Å². The average Bonchev–Trinajstić information content (AvgIpc) is 2.94. The molecule has 2 aromatic carbocycles. The molecule has 192 valence electrons. The molecule has 0 amide bonds. The van der Waals surface area contributed by atoms with Gasteiger partial charge in [0.2, 0.25) is 0 Å². The molecule has 37 heavy (non-hydrogen) atoms. The van der Waals surface area contributed by atoms with E-state index in [-0.39, 0.29) is 0 Å². The molecule has 6 nitrogen and oxygen atoms in total. The van der Waals surface area contributed by atoms with E-state index in [1.165, 1.54) is 54.6 Å². The van der Waals surface area contributed by atoms with Crippen LogP contribution < -0.4 is 20.4 Å². The predicted molar refractivity (Wildman–Crippen MR) is 153 cm³/mol. The summed E-state index contributed by atoms with van der Waals surface area (Å²) >= 11 is 0. The summed E-state index contributed by atoms with van der Waals surface area (Å²) in [7, 11) is 4.15. The van der Waals surface area contributed by atoms with Gasteiger partial charge in [-0.25, -0.2) is 4.98 Å². The lowest BCUT2D eigenvalue weighted by Gasteiger charge is -2.40. The van der Waals surface area contributed by atoms with Crippen LogP contribution in [0, 0.1) is 11.3 Å². The molecule has 1 aromatic heterocycles. The third-order valence-corrected chi connectivity index (χ3v) is 7.79. The van der Waals surface area contributed by atoms with E-state index in [1.54, 1.807) is 0 Å². The van der Waals surface area contributed by atoms with Crippen LogP contribution in [-0.2, 0) is 0 Å². The summed E-state index contributed by atoms with van der Waals surface area (Å²) in [4.78, 5) is 9.28. The zero-order valence-electron chi connectivity index (χ0n) is 22.0. The quantitative estimate of drug-likeness (QED) is 0.441. The lowest BCUT2D eigenvalue weighted by atomic mass is 9.89. The Bertz CT molecular complexity index is 1210. The number of nitrogens with one attached hydrogen (secondary N) is 2. The smallest absolute Gasteiger partial charge is 0.126 e. The van der Waals surface area contributed by atoms with Crippen molar-refractivity contribution in [1.82, 2.24) is 10.3 Å². The number of hydrogen-bond acceptors (Lipinski definition) is 6. The Morgan fingerprint density at radius 3 is 2.49 bits per heavy atom. The van der Waals surface area contributed by atoms with Gasteiger partial charge in [-0.3, -0.25) is 0 Å². The van der Waals surface area contributed by atoms with Crippen molar-refractivity contribution in [2.75, 3.05) is 42.3 Å². The first-order valence-corrected chi connectivity index (χ1v) is 13.6. The van der Waals surface area contributed by atoms with Gasteiger partial charge in [0.1, 0.15) is 5.82 Å². The van der Waals surface area contributed by atoms with Crippen molar-refractivity contribution in [3.8, 4) is 17.2 Å². The molecule has 3 atom stereocenters. The van der Waals surface area contributed by atoms with Crippen LogP contribution in [0.2, 0.25) is 0 Å². The van der Waals surface area contributed by atoms with E-state index in [4.69, 9.17) is 5.26 Å². The Morgan fingerprint density at radius 1 is 0.919 bits per heavy atom. The maximum Gasteiger partial charge on any atom is 0.126 e. The van der Waals surface area contributed by atoms with Crippen LogP contribution in [0.1, 0.15) is 44.1 Å². The topological polar surface area (TPSA) is 67.2 Å². The lowest BCUT2D eigenvalue weighted by molar-refractivity contribution is 0.293. The molecule has 3 aromatic rings. The first-order valence-electron chi connectivity index (χ1n) is 13.6. The summed E-state index contributed by atoms with van der Waals surface area (Å²) in [6, 6.07) is 24.4. The van der Waals surface area contributed by atoms with E-state index in [2.05, 4.69) is 94.1 Å². The molecule has 2 aliphatic rings. The second-order valence-electron chi connectivity index (χ2n) is 10.6. The highest BCUT2D eigenvalue weighted by molar-refractivity contribution is 5.70. The fourth-order valence-corrected chi connectivity index (χ4v) is 5.74. The Hall–Kier alpha value is -3.56. The van der Waals surface area contributed by atoms with Crippen LogP contribution in [-0.4, -0.2) is 50.3 Å². The van der Waals surface area contributed by atoms with Gasteiger partial charge in [-0.2, -0.15) is 5.26 Å². The third kappa shape index (κ3) is 6.23. The van der Waals surface area contributed by atoms with Gasteiger partial charge >= 0.3 is 0 Å². The van der Waals surface area contributed by atoms with Crippen LogP contribution in [0.5, 0.6) is 0 Å². The van der Waals surface area contributed by atoms with Gasteiger partial charge in [-0.05, 0) is 85.3 Å². The molecule has 0 bridgehead atoms. The Kier molecular flexibility index (Phi) is 7.91. The maximum atomic E-state index is 9.11. The molecule has 1 aliphatic carbocycles. The number of piperidine rings is 1. The molecule has 1 aliphatic heterocycles. The van der Waals surface area contributed by atoms with E-state index >= 15 is 0 Å². The van der Waals surface area contributed by atoms with Crippen molar-refractivity contribution in [2.45, 2.75) is 56.7 Å². The Balaban J connectivity index is 1.25. The minimum atomic E-state index is 0.370. The monoisotopic (exact) mass is 494 g/mol. The predicted octanol–water partition coefficient (Wildman–Crippen LogP) is 5.67. The zero-order chi connectivity index (χ0) is 25.6. The molecular weight excluding hydrogens is 456 g/mol. The highest BCUT2D eigenvalue weighted by atomic mass is 15.2.